The molecule has 0 unspecified atom stereocenters. The van der Waals surface area contributed by atoms with E-state index in [1.807, 2.05) is 19.0 Å². The van der Waals surface area contributed by atoms with Gasteiger partial charge in [-0.25, -0.2) is 4.79 Å². The molecule has 1 aromatic carbocycles. The topological polar surface area (TPSA) is 81.8 Å². The van der Waals surface area contributed by atoms with Crippen molar-refractivity contribution in [2.24, 2.45) is 0 Å². The zero-order valence-electron chi connectivity index (χ0n) is 14.4. The Morgan fingerprint density at radius 1 is 1.32 bits per heavy atom. The first-order valence-corrected chi connectivity index (χ1v) is 8.53. The molecule has 0 aromatic heterocycles. The van der Waals surface area contributed by atoms with Crippen LogP contribution in [0, 0.1) is 0 Å². The highest BCUT2D eigenvalue weighted by molar-refractivity contribution is 6.31. The minimum absolute atomic E-state index is 0.0639. The minimum Gasteiger partial charge on any atom is -0.356 e. The van der Waals surface area contributed by atoms with Gasteiger partial charge in [0.25, 0.3) is 5.91 Å². The molecular formula is C17H23ClN4O3. The normalized spacial score (nSPS) is 17.1. The number of carbonyl (C=O) groups is 3. The summed E-state index contributed by atoms with van der Waals surface area (Å²) in [6.07, 6.45) is 0.758. The third-order valence-electron chi connectivity index (χ3n) is 3.89. The molecule has 7 nitrogen and oxygen atoms in total. The van der Waals surface area contributed by atoms with Gasteiger partial charge in [0.1, 0.15) is 6.04 Å². The van der Waals surface area contributed by atoms with Crippen LogP contribution in [0.4, 0.5) is 4.79 Å². The maximum Gasteiger partial charge on any atom is 0.325 e. The standard InChI is InChI=1S/C17H23ClN4O3/c1-21(2)9-5-8-19-15(23)10-14-16(24)22(17(25)20-14)11-12-6-3-4-7-13(12)18/h3-4,6-7,14H,5,8-11H2,1-2H3,(H,19,23)(H,20,25)/t14-/m0/s1. The van der Waals surface area contributed by atoms with Crippen molar-refractivity contribution in [1.29, 1.82) is 0 Å². The molecule has 1 aliphatic rings. The van der Waals surface area contributed by atoms with Crippen molar-refractivity contribution in [1.82, 2.24) is 20.4 Å². The summed E-state index contributed by atoms with van der Waals surface area (Å²) in [5.41, 5.74) is 0.682. The van der Waals surface area contributed by atoms with Gasteiger partial charge >= 0.3 is 6.03 Å². The molecule has 0 aliphatic carbocycles. The zero-order chi connectivity index (χ0) is 18.4. The zero-order valence-corrected chi connectivity index (χ0v) is 15.2. The Morgan fingerprint density at radius 3 is 2.72 bits per heavy atom. The van der Waals surface area contributed by atoms with Crippen molar-refractivity contribution in [2.45, 2.75) is 25.4 Å². The molecule has 1 fully saturated rings. The number of benzene rings is 1. The summed E-state index contributed by atoms with van der Waals surface area (Å²) < 4.78 is 0. The third-order valence-corrected chi connectivity index (χ3v) is 4.26. The van der Waals surface area contributed by atoms with E-state index in [0.29, 0.717) is 17.1 Å². The van der Waals surface area contributed by atoms with Crippen LogP contribution in [-0.2, 0) is 16.1 Å². The van der Waals surface area contributed by atoms with E-state index in [4.69, 9.17) is 11.6 Å². The van der Waals surface area contributed by atoms with Gasteiger partial charge in [-0.3, -0.25) is 14.5 Å². The highest BCUT2D eigenvalue weighted by Gasteiger charge is 2.39. The number of urea groups is 1. The average molecular weight is 367 g/mol. The molecule has 0 spiro atoms. The van der Waals surface area contributed by atoms with E-state index >= 15 is 0 Å². The Kier molecular flexibility index (Phi) is 6.78. The van der Waals surface area contributed by atoms with Gasteiger partial charge < -0.3 is 15.5 Å². The summed E-state index contributed by atoms with van der Waals surface area (Å²) in [6, 6.07) is 5.69. The molecule has 1 saturated heterocycles. The Bertz CT molecular complexity index is 651. The molecule has 1 atom stereocenters. The summed E-state index contributed by atoms with van der Waals surface area (Å²) in [4.78, 5) is 39.5. The van der Waals surface area contributed by atoms with Gasteiger partial charge in [-0.15, -0.1) is 0 Å². The van der Waals surface area contributed by atoms with Crippen LogP contribution >= 0.6 is 11.6 Å². The van der Waals surface area contributed by atoms with Gasteiger partial charge in [-0.05, 0) is 38.7 Å². The van der Waals surface area contributed by atoms with E-state index in [1.165, 1.54) is 0 Å². The van der Waals surface area contributed by atoms with Crippen LogP contribution in [0.25, 0.3) is 0 Å². The van der Waals surface area contributed by atoms with Gasteiger partial charge in [-0.2, -0.15) is 0 Å². The molecule has 25 heavy (non-hydrogen) atoms. The lowest BCUT2D eigenvalue weighted by Gasteiger charge is -2.14. The van der Waals surface area contributed by atoms with Crippen LogP contribution in [0.3, 0.4) is 0 Å². The summed E-state index contributed by atoms with van der Waals surface area (Å²) >= 11 is 6.07. The molecule has 1 aliphatic heterocycles. The van der Waals surface area contributed by atoms with Crippen molar-refractivity contribution in [3.8, 4) is 0 Å². The first-order chi connectivity index (χ1) is 11.9. The molecule has 1 heterocycles. The second-order valence-electron chi connectivity index (χ2n) is 6.23. The van der Waals surface area contributed by atoms with Crippen LogP contribution in [-0.4, -0.2) is 60.9 Å². The van der Waals surface area contributed by atoms with E-state index in [2.05, 4.69) is 10.6 Å². The average Bonchev–Trinajstić information content (AvgIpc) is 2.81. The summed E-state index contributed by atoms with van der Waals surface area (Å²) in [6.45, 7) is 1.49. The fraction of sp³-hybridized carbons (Fsp3) is 0.471. The fourth-order valence-corrected chi connectivity index (χ4v) is 2.74. The lowest BCUT2D eigenvalue weighted by Crippen LogP contribution is -2.37. The van der Waals surface area contributed by atoms with Crippen LogP contribution in [0.5, 0.6) is 0 Å². The number of carbonyl (C=O) groups excluding carboxylic acids is 3. The van der Waals surface area contributed by atoms with Gasteiger partial charge in [0.2, 0.25) is 5.91 Å². The molecule has 1 aromatic rings. The van der Waals surface area contributed by atoms with Gasteiger partial charge in [-0.1, -0.05) is 29.8 Å². The predicted molar refractivity (Wildman–Crippen MR) is 95.1 cm³/mol. The molecule has 0 radical (unpaired) electrons. The first-order valence-electron chi connectivity index (χ1n) is 8.15. The van der Waals surface area contributed by atoms with Crippen molar-refractivity contribution >= 4 is 29.4 Å². The van der Waals surface area contributed by atoms with Crippen molar-refractivity contribution in [2.75, 3.05) is 27.2 Å². The molecule has 4 amide bonds. The van der Waals surface area contributed by atoms with Crippen molar-refractivity contribution < 1.29 is 14.4 Å². The number of imide groups is 1. The molecule has 136 valence electrons. The third kappa shape index (κ3) is 5.44. The Balaban J connectivity index is 1.86. The van der Waals surface area contributed by atoms with E-state index in [1.54, 1.807) is 24.3 Å². The SMILES string of the molecule is CN(C)CCCNC(=O)C[C@@H]1NC(=O)N(Cc2ccccc2Cl)C1=O. The summed E-state index contributed by atoms with van der Waals surface area (Å²) in [7, 11) is 3.92. The van der Waals surface area contributed by atoms with E-state index < -0.39 is 18.0 Å². The Hall–Kier alpha value is -2.12. The molecule has 8 heteroatoms. The molecule has 2 N–H and O–H groups in total. The van der Waals surface area contributed by atoms with Gasteiger partial charge in [0.05, 0.1) is 13.0 Å². The van der Waals surface area contributed by atoms with Crippen LogP contribution < -0.4 is 10.6 Å². The van der Waals surface area contributed by atoms with Crippen molar-refractivity contribution in [3.63, 3.8) is 0 Å². The van der Waals surface area contributed by atoms with Crippen LogP contribution in [0.15, 0.2) is 24.3 Å². The van der Waals surface area contributed by atoms with E-state index in [0.717, 1.165) is 17.9 Å². The van der Waals surface area contributed by atoms with Crippen molar-refractivity contribution in [3.05, 3.63) is 34.9 Å². The highest BCUT2D eigenvalue weighted by Crippen LogP contribution is 2.20. The maximum atomic E-state index is 12.4. The Morgan fingerprint density at radius 2 is 2.04 bits per heavy atom. The quantitative estimate of drug-likeness (QED) is 0.535. The second kappa shape index (κ2) is 8.82. The number of amides is 4. The van der Waals surface area contributed by atoms with Gasteiger partial charge in [0.15, 0.2) is 0 Å². The molecule has 0 bridgehead atoms. The summed E-state index contributed by atoms with van der Waals surface area (Å²) in [5, 5.41) is 5.81. The number of nitrogens with zero attached hydrogens (tertiary/aromatic N) is 2. The highest BCUT2D eigenvalue weighted by atomic mass is 35.5. The maximum absolute atomic E-state index is 12.4. The number of rotatable bonds is 8. The summed E-state index contributed by atoms with van der Waals surface area (Å²) in [5.74, 6) is -0.662. The lowest BCUT2D eigenvalue weighted by atomic mass is 10.1. The number of hydrogen-bond donors (Lipinski definition) is 2. The van der Waals surface area contributed by atoms with Gasteiger partial charge in [0, 0.05) is 11.6 Å². The van der Waals surface area contributed by atoms with Crippen LogP contribution in [0.2, 0.25) is 5.02 Å². The first kappa shape index (κ1) is 19.2. The second-order valence-corrected chi connectivity index (χ2v) is 6.64. The number of nitrogens with one attached hydrogen (secondary N) is 2. The van der Waals surface area contributed by atoms with E-state index in [9.17, 15) is 14.4 Å². The monoisotopic (exact) mass is 366 g/mol. The van der Waals surface area contributed by atoms with E-state index in [-0.39, 0.29) is 18.9 Å². The molecule has 2 rings (SSSR count). The largest absolute Gasteiger partial charge is 0.356 e. The molecular weight excluding hydrogens is 344 g/mol. The number of hydrogen-bond acceptors (Lipinski definition) is 4. The minimum atomic E-state index is -0.830. The predicted octanol–water partition coefficient (Wildman–Crippen LogP) is 1.22. The van der Waals surface area contributed by atoms with Crippen LogP contribution in [0.1, 0.15) is 18.4 Å². The molecule has 0 saturated carbocycles. The fourth-order valence-electron chi connectivity index (χ4n) is 2.54. The smallest absolute Gasteiger partial charge is 0.325 e. The number of halogens is 1. The lowest BCUT2D eigenvalue weighted by molar-refractivity contribution is -0.131. The Labute approximate surface area is 152 Å².